The van der Waals surface area contributed by atoms with E-state index in [1.165, 1.54) is 11.3 Å². The fourth-order valence-electron chi connectivity index (χ4n) is 2.60. The van der Waals surface area contributed by atoms with Crippen LogP contribution in [0.3, 0.4) is 0 Å². The van der Waals surface area contributed by atoms with Crippen molar-refractivity contribution in [3.05, 3.63) is 42.0 Å². The number of carboxylic acid groups (broad SMARTS) is 2. The van der Waals surface area contributed by atoms with E-state index < -0.39 is 11.9 Å². The van der Waals surface area contributed by atoms with Crippen LogP contribution >= 0.6 is 0 Å². The molecule has 0 aliphatic carbocycles. The molecule has 7 nitrogen and oxygen atoms in total. The van der Waals surface area contributed by atoms with Crippen molar-refractivity contribution < 1.29 is 19.8 Å². The van der Waals surface area contributed by atoms with Crippen molar-refractivity contribution in [1.29, 1.82) is 0 Å². The van der Waals surface area contributed by atoms with Gasteiger partial charge in [-0.3, -0.25) is 4.99 Å². The van der Waals surface area contributed by atoms with Crippen LogP contribution in [0.2, 0.25) is 0 Å². The molecule has 1 aromatic rings. The number of hydrogen-bond acceptors (Lipinski definition) is 5. The van der Waals surface area contributed by atoms with Gasteiger partial charge in [0.2, 0.25) is 0 Å². The second-order valence-corrected chi connectivity index (χ2v) is 5.16. The molecule has 3 N–H and O–H groups in total. The molecule has 0 saturated carbocycles. The molecule has 0 saturated heterocycles. The Labute approximate surface area is 134 Å². The zero-order chi connectivity index (χ0) is 16.8. The van der Waals surface area contributed by atoms with Crippen LogP contribution in [0.1, 0.15) is 5.56 Å². The smallest absolute Gasteiger partial charge is 0.328 e. The molecule has 122 valence electrons. The average molecular weight is 317 g/mol. The van der Waals surface area contributed by atoms with Crippen LogP contribution in [0, 0.1) is 0 Å². The Morgan fingerprint density at radius 3 is 2.43 bits per heavy atom. The number of amidine groups is 1. The highest BCUT2D eigenvalue weighted by molar-refractivity contribution is 5.93. The molecule has 0 aromatic heterocycles. The summed E-state index contributed by atoms with van der Waals surface area (Å²) in [7, 11) is 2.15. The van der Waals surface area contributed by atoms with Crippen LogP contribution in [0.15, 0.2) is 41.4 Å². The summed E-state index contributed by atoms with van der Waals surface area (Å²) in [6.07, 6.45) is 2.20. The van der Waals surface area contributed by atoms with Gasteiger partial charge in [-0.2, -0.15) is 0 Å². The molecule has 2 aliphatic heterocycles. The summed E-state index contributed by atoms with van der Waals surface area (Å²) in [5.74, 6) is -1.35. The van der Waals surface area contributed by atoms with Gasteiger partial charge in [0, 0.05) is 37.9 Å². The number of nitrogens with one attached hydrogen (secondary N) is 1. The number of rotatable bonds is 3. The molecule has 2 heterocycles. The second-order valence-electron chi connectivity index (χ2n) is 5.16. The van der Waals surface area contributed by atoms with Crippen molar-refractivity contribution in [3.8, 4) is 0 Å². The lowest BCUT2D eigenvalue weighted by Crippen LogP contribution is -2.41. The van der Waals surface area contributed by atoms with Crippen molar-refractivity contribution >= 4 is 23.5 Å². The molecule has 0 bridgehead atoms. The van der Waals surface area contributed by atoms with E-state index in [0.29, 0.717) is 18.2 Å². The minimum Gasteiger partial charge on any atom is -0.478 e. The lowest BCUT2D eigenvalue weighted by molar-refractivity contribution is -0.134. The number of aliphatic imine (C=N–C) groups is 1. The summed E-state index contributed by atoms with van der Waals surface area (Å²) in [6.45, 7) is 1.92. The van der Waals surface area contributed by atoms with E-state index in [9.17, 15) is 9.59 Å². The van der Waals surface area contributed by atoms with Crippen LogP contribution in [0.5, 0.6) is 0 Å². The summed E-state index contributed by atoms with van der Waals surface area (Å²) in [4.78, 5) is 25.9. The number of hydrogen-bond donors (Lipinski definition) is 3. The van der Waals surface area contributed by atoms with Crippen LogP contribution in [0.4, 0.5) is 5.69 Å². The maximum absolute atomic E-state index is 9.55. The third-order valence-electron chi connectivity index (χ3n) is 3.64. The highest BCUT2D eigenvalue weighted by atomic mass is 16.4. The molecule has 0 fully saturated rings. The molecule has 0 spiro atoms. The van der Waals surface area contributed by atoms with E-state index in [1.54, 1.807) is 0 Å². The van der Waals surface area contributed by atoms with Gasteiger partial charge in [-0.05, 0) is 11.6 Å². The maximum Gasteiger partial charge on any atom is 0.328 e. The molecule has 1 aromatic carbocycles. The quantitative estimate of drug-likeness (QED) is 0.711. The zero-order valence-electron chi connectivity index (χ0n) is 12.8. The summed E-state index contributed by atoms with van der Waals surface area (Å²) in [5.41, 5.74) is 2.78. The number of anilines is 1. The van der Waals surface area contributed by atoms with E-state index in [2.05, 4.69) is 46.5 Å². The Morgan fingerprint density at radius 2 is 1.91 bits per heavy atom. The largest absolute Gasteiger partial charge is 0.478 e. The van der Waals surface area contributed by atoms with Crippen LogP contribution in [-0.4, -0.2) is 54.2 Å². The van der Waals surface area contributed by atoms with E-state index in [1.807, 2.05) is 0 Å². The molecular weight excluding hydrogens is 298 g/mol. The molecule has 23 heavy (non-hydrogen) atoms. The monoisotopic (exact) mass is 317 g/mol. The zero-order valence-corrected chi connectivity index (χ0v) is 12.8. The molecule has 0 radical (unpaired) electrons. The van der Waals surface area contributed by atoms with Gasteiger partial charge in [0.15, 0.2) is 0 Å². The van der Waals surface area contributed by atoms with Crippen molar-refractivity contribution in [1.82, 2.24) is 5.32 Å². The lowest BCUT2D eigenvalue weighted by atomic mass is 10.1. The number of likely N-dealkylation sites (N-methyl/N-ethyl adjacent to an activating group) is 1. The number of fused-ring (bicyclic) bond motifs is 1. The summed E-state index contributed by atoms with van der Waals surface area (Å²) < 4.78 is 0. The van der Waals surface area contributed by atoms with Crippen LogP contribution in [0.25, 0.3) is 0 Å². The standard InChI is InChI=1S/C12H15N3.C4H4O4/c1-15-10-5-3-2-4-9(10)8-11(15)12-13-6-7-14-12;5-3(6)1-2-4(7)8/h2-5,11H,6-8H2,1H3,(H,13,14);1-2H,(H,5,6)(H,7,8). The number of para-hydroxylation sites is 1. The van der Waals surface area contributed by atoms with Gasteiger partial charge in [-0.15, -0.1) is 0 Å². The first-order valence-electron chi connectivity index (χ1n) is 7.22. The van der Waals surface area contributed by atoms with E-state index in [0.717, 1.165) is 25.3 Å². The lowest BCUT2D eigenvalue weighted by Gasteiger charge is -2.22. The van der Waals surface area contributed by atoms with Gasteiger partial charge in [0.05, 0.1) is 12.6 Å². The van der Waals surface area contributed by atoms with Gasteiger partial charge in [0.25, 0.3) is 0 Å². The minimum absolute atomic E-state index is 0.421. The minimum atomic E-state index is -1.26. The topological polar surface area (TPSA) is 102 Å². The Balaban J connectivity index is 0.000000207. The summed E-state index contributed by atoms with van der Waals surface area (Å²) >= 11 is 0. The normalized spacial score (nSPS) is 18.7. The van der Waals surface area contributed by atoms with Gasteiger partial charge in [0.1, 0.15) is 5.84 Å². The fourth-order valence-corrected chi connectivity index (χ4v) is 2.60. The second kappa shape index (κ2) is 7.44. The number of benzene rings is 1. The van der Waals surface area contributed by atoms with Gasteiger partial charge in [-0.25, -0.2) is 9.59 Å². The molecule has 2 aliphatic rings. The van der Waals surface area contributed by atoms with E-state index in [-0.39, 0.29) is 0 Å². The Kier molecular flexibility index (Phi) is 5.35. The van der Waals surface area contributed by atoms with E-state index in [4.69, 9.17) is 10.2 Å². The number of aliphatic carboxylic acids is 2. The third-order valence-corrected chi connectivity index (χ3v) is 3.64. The maximum atomic E-state index is 9.55. The van der Waals surface area contributed by atoms with Crippen LogP contribution < -0.4 is 10.2 Å². The average Bonchev–Trinajstić information content (AvgIpc) is 3.14. The first-order valence-corrected chi connectivity index (χ1v) is 7.22. The first kappa shape index (κ1) is 16.5. The predicted octanol–water partition coefficient (Wildman–Crippen LogP) is 0.761. The van der Waals surface area contributed by atoms with Gasteiger partial charge >= 0.3 is 11.9 Å². The third kappa shape index (κ3) is 4.32. The van der Waals surface area contributed by atoms with Crippen molar-refractivity contribution in [3.63, 3.8) is 0 Å². The first-order chi connectivity index (χ1) is 11.0. The van der Waals surface area contributed by atoms with Crippen molar-refractivity contribution in [2.24, 2.45) is 4.99 Å². The summed E-state index contributed by atoms with van der Waals surface area (Å²) in [5, 5.41) is 19.0. The highest BCUT2D eigenvalue weighted by Crippen LogP contribution is 2.30. The van der Waals surface area contributed by atoms with Crippen molar-refractivity contribution in [2.75, 3.05) is 25.0 Å². The van der Waals surface area contributed by atoms with Gasteiger partial charge < -0.3 is 20.4 Å². The SMILES string of the molecule is CN1c2ccccc2CC1C1=NCCN1.O=C(O)C=CC(=O)O. The van der Waals surface area contributed by atoms with E-state index >= 15 is 0 Å². The number of carboxylic acids is 2. The van der Waals surface area contributed by atoms with Gasteiger partial charge in [-0.1, -0.05) is 18.2 Å². The molecule has 7 heteroatoms. The fraction of sp³-hybridized carbons (Fsp3) is 0.312. The molecular formula is C16H19N3O4. The summed E-state index contributed by atoms with van der Waals surface area (Å²) in [6, 6.07) is 9.03. The Hall–Kier alpha value is -2.83. The van der Waals surface area contributed by atoms with Crippen LogP contribution in [-0.2, 0) is 16.0 Å². The van der Waals surface area contributed by atoms with Crippen molar-refractivity contribution in [2.45, 2.75) is 12.5 Å². The molecule has 1 unspecified atom stereocenters. The highest BCUT2D eigenvalue weighted by Gasteiger charge is 2.30. The Morgan fingerprint density at radius 1 is 1.26 bits per heavy atom. The molecule has 0 amide bonds. The predicted molar refractivity (Wildman–Crippen MR) is 87.1 cm³/mol. The Bertz CT molecular complexity index is 638. The number of nitrogens with zero attached hydrogens (tertiary/aromatic N) is 2. The molecule has 3 rings (SSSR count). The molecule has 1 atom stereocenters. The number of carbonyl (C=O) groups is 2.